The molecule has 27 heavy (non-hydrogen) atoms. The van der Waals surface area contributed by atoms with Crippen molar-refractivity contribution in [2.75, 3.05) is 39.4 Å². The highest BCUT2D eigenvalue weighted by atomic mass is 16.5. The smallest absolute Gasteiger partial charge is 0.329 e. The minimum Gasteiger partial charge on any atom is -0.480 e. The van der Waals surface area contributed by atoms with Crippen molar-refractivity contribution in [1.29, 1.82) is 0 Å². The van der Waals surface area contributed by atoms with Gasteiger partial charge in [0.05, 0.1) is 0 Å². The number of nitrogens with zero attached hydrogens (tertiary/aromatic N) is 3. The Morgan fingerprint density at radius 2 is 1.22 bits per heavy atom. The molecule has 0 aromatic rings. The van der Waals surface area contributed by atoms with Crippen LogP contribution in [0.3, 0.4) is 0 Å². The molecular weight excluding hydrogens is 362 g/mol. The summed E-state index contributed by atoms with van der Waals surface area (Å²) < 4.78 is 4.76. The van der Waals surface area contributed by atoms with Crippen LogP contribution in [0.1, 0.15) is 0 Å². The first-order valence-corrected chi connectivity index (χ1v) is 7.94. The van der Waals surface area contributed by atoms with Gasteiger partial charge in [-0.25, -0.2) is 4.79 Å². The van der Waals surface area contributed by atoms with Gasteiger partial charge in [-0.2, -0.15) is 0 Å². The van der Waals surface area contributed by atoms with E-state index >= 15 is 0 Å². The summed E-state index contributed by atoms with van der Waals surface area (Å²) in [4.78, 5) is 72.1. The molecule has 144 valence electrons. The Hall–Kier alpha value is -3.34. The van der Waals surface area contributed by atoms with Crippen molar-refractivity contribution in [3.8, 4) is 0 Å². The van der Waals surface area contributed by atoms with E-state index in [9.17, 15) is 28.8 Å². The zero-order valence-corrected chi connectivity index (χ0v) is 14.2. The monoisotopic (exact) mass is 379 g/mol. The second-order valence-corrected chi connectivity index (χ2v) is 5.59. The first-order chi connectivity index (χ1) is 12.8. The molecule has 0 bridgehead atoms. The van der Waals surface area contributed by atoms with Gasteiger partial charge < -0.3 is 14.7 Å². The summed E-state index contributed by atoms with van der Waals surface area (Å²) in [7, 11) is 0. The number of carbonyl (C=O) groups excluding carboxylic acids is 5. The van der Waals surface area contributed by atoms with Crippen LogP contribution in [0.15, 0.2) is 24.3 Å². The fourth-order valence-corrected chi connectivity index (χ4v) is 2.42. The van der Waals surface area contributed by atoms with Gasteiger partial charge in [-0.3, -0.25) is 33.8 Å². The lowest BCUT2D eigenvalue weighted by Gasteiger charge is -2.26. The summed E-state index contributed by atoms with van der Waals surface area (Å²) in [5.41, 5.74) is 0. The molecule has 0 aromatic heterocycles. The SMILES string of the molecule is O=C(O)COCC(=O)N(CCN1C(=O)C=CC1=O)CCN1C(=O)C=CC1=O. The van der Waals surface area contributed by atoms with Gasteiger partial charge in [0, 0.05) is 50.5 Å². The molecule has 5 amide bonds. The van der Waals surface area contributed by atoms with Crippen LogP contribution in [0, 0.1) is 0 Å². The quantitative estimate of drug-likeness (QED) is 0.420. The van der Waals surface area contributed by atoms with Gasteiger partial charge in [-0.1, -0.05) is 0 Å². The Kier molecular flexibility index (Phi) is 6.55. The number of ether oxygens (including phenoxy) is 1. The average molecular weight is 379 g/mol. The Balaban J connectivity index is 1.94. The lowest BCUT2D eigenvalue weighted by Crippen LogP contribution is -2.46. The van der Waals surface area contributed by atoms with Crippen molar-refractivity contribution in [2.45, 2.75) is 0 Å². The maximum absolute atomic E-state index is 12.3. The molecule has 0 saturated heterocycles. The van der Waals surface area contributed by atoms with Gasteiger partial charge in [-0.05, 0) is 0 Å². The maximum atomic E-state index is 12.3. The molecule has 0 aromatic carbocycles. The number of rotatable bonds is 10. The van der Waals surface area contributed by atoms with Gasteiger partial charge in [-0.15, -0.1) is 0 Å². The molecule has 0 saturated carbocycles. The lowest BCUT2D eigenvalue weighted by atomic mass is 10.3. The second kappa shape index (κ2) is 8.85. The van der Waals surface area contributed by atoms with Gasteiger partial charge in [0.25, 0.3) is 23.6 Å². The summed E-state index contributed by atoms with van der Waals surface area (Å²) in [5, 5.41) is 8.55. The maximum Gasteiger partial charge on any atom is 0.329 e. The third kappa shape index (κ3) is 5.31. The van der Waals surface area contributed by atoms with E-state index in [0.717, 1.165) is 34.1 Å². The predicted octanol–water partition coefficient (Wildman–Crippen LogP) is -2.23. The summed E-state index contributed by atoms with van der Waals surface area (Å²) in [6.07, 6.45) is 4.44. The molecule has 0 atom stereocenters. The highest BCUT2D eigenvalue weighted by Crippen LogP contribution is 2.06. The summed E-state index contributed by atoms with van der Waals surface area (Å²) in [6.45, 7) is -1.49. The molecule has 0 aliphatic carbocycles. The number of hydrogen-bond acceptors (Lipinski definition) is 7. The third-order valence-corrected chi connectivity index (χ3v) is 3.79. The van der Waals surface area contributed by atoms with Crippen LogP contribution in [-0.4, -0.2) is 94.7 Å². The molecule has 2 aliphatic rings. The largest absolute Gasteiger partial charge is 0.480 e. The predicted molar refractivity (Wildman–Crippen MR) is 86.8 cm³/mol. The van der Waals surface area contributed by atoms with E-state index in [1.165, 1.54) is 4.90 Å². The van der Waals surface area contributed by atoms with E-state index in [2.05, 4.69) is 0 Å². The average Bonchev–Trinajstić information content (AvgIpc) is 3.10. The molecule has 2 heterocycles. The highest BCUT2D eigenvalue weighted by Gasteiger charge is 2.27. The number of amides is 5. The summed E-state index contributed by atoms with van der Waals surface area (Å²) in [6, 6.07) is 0. The van der Waals surface area contributed by atoms with Crippen LogP contribution in [-0.2, 0) is 33.5 Å². The molecule has 1 N–H and O–H groups in total. The zero-order valence-electron chi connectivity index (χ0n) is 14.2. The minimum atomic E-state index is -1.24. The molecule has 0 radical (unpaired) electrons. The fourth-order valence-electron chi connectivity index (χ4n) is 2.42. The zero-order chi connectivity index (χ0) is 20.0. The van der Waals surface area contributed by atoms with Crippen LogP contribution >= 0.6 is 0 Å². The Morgan fingerprint density at radius 1 is 0.815 bits per heavy atom. The number of carboxylic acid groups (broad SMARTS) is 1. The van der Waals surface area contributed by atoms with Gasteiger partial charge >= 0.3 is 5.97 Å². The number of aliphatic carboxylic acids is 1. The number of carboxylic acids is 1. The molecule has 2 aliphatic heterocycles. The summed E-state index contributed by atoms with van der Waals surface area (Å²) >= 11 is 0. The molecule has 0 fully saturated rings. The fraction of sp³-hybridized carbons (Fsp3) is 0.375. The third-order valence-electron chi connectivity index (χ3n) is 3.79. The molecule has 0 unspecified atom stereocenters. The summed E-state index contributed by atoms with van der Waals surface area (Å²) in [5.74, 6) is -3.89. The van der Waals surface area contributed by atoms with Gasteiger partial charge in [0.1, 0.15) is 13.2 Å². The van der Waals surface area contributed by atoms with E-state index in [1.54, 1.807) is 0 Å². The van der Waals surface area contributed by atoms with E-state index in [-0.39, 0.29) is 26.2 Å². The van der Waals surface area contributed by atoms with Gasteiger partial charge in [0.15, 0.2) is 0 Å². The number of hydrogen-bond donors (Lipinski definition) is 1. The molecular formula is C16H17N3O8. The van der Waals surface area contributed by atoms with E-state index in [4.69, 9.17) is 9.84 Å². The lowest BCUT2D eigenvalue weighted by molar-refractivity contribution is -0.148. The van der Waals surface area contributed by atoms with Crippen LogP contribution in [0.4, 0.5) is 0 Å². The van der Waals surface area contributed by atoms with E-state index in [0.29, 0.717) is 0 Å². The first kappa shape index (κ1) is 20.0. The molecule has 2 rings (SSSR count). The van der Waals surface area contributed by atoms with Crippen molar-refractivity contribution in [3.63, 3.8) is 0 Å². The second-order valence-electron chi connectivity index (χ2n) is 5.59. The Labute approximate surface area is 153 Å². The van der Waals surface area contributed by atoms with E-state index < -0.39 is 48.7 Å². The Morgan fingerprint density at radius 3 is 1.59 bits per heavy atom. The highest BCUT2D eigenvalue weighted by molar-refractivity contribution is 6.13. The van der Waals surface area contributed by atoms with Crippen LogP contribution in [0.2, 0.25) is 0 Å². The number of carbonyl (C=O) groups is 6. The molecule has 0 spiro atoms. The topological polar surface area (TPSA) is 142 Å². The minimum absolute atomic E-state index is 0.0575. The normalized spacial score (nSPS) is 16.0. The Bertz CT molecular complexity index is 660. The van der Waals surface area contributed by atoms with Gasteiger partial charge in [0.2, 0.25) is 5.91 Å². The van der Waals surface area contributed by atoms with Crippen molar-refractivity contribution < 1.29 is 38.6 Å². The van der Waals surface area contributed by atoms with Crippen molar-refractivity contribution in [3.05, 3.63) is 24.3 Å². The molecule has 11 nitrogen and oxygen atoms in total. The van der Waals surface area contributed by atoms with E-state index in [1.807, 2.05) is 0 Å². The first-order valence-electron chi connectivity index (χ1n) is 7.94. The van der Waals surface area contributed by atoms with Crippen molar-refractivity contribution in [1.82, 2.24) is 14.7 Å². The van der Waals surface area contributed by atoms with Crippen LogP contribution < -0.4 is 0 Å². The van der Waals surface area contributed by atoms with Crippen LogP contribution in [0.5, 0.6) is 0 Å². The van der Waals surface area contributed by atoms with Crippen molar-refractivity contribution in [2.24, 2.45) is 0 Å². The van der Waals surface area contributed by atoms with Crippen LogP contribution in [0.25, 0.3) is 0 Å². The van der Waals surface area contributed by atoms with Crippen molar-refractivity contribution >= 4 is 35.5 Å². The molecule has 11 heteroatoms. The number of imide groups is 2. The standard InChI is InChI=1S/C16H17N3O8/c20-11-1-2-12(21)18(11)7-5-17(15(24)9-27-10-16(25)26)6-8-19-13(22)3-4-14(19)23/h1-4H,5-10H2,(H,25,26).